The van der Waals surface area contributed by atoms with Gasteiger partial charge in [0.2, 0.25) is 0 Å². The second-order valence-electron chi connectivity index (χ2n) is 2.53. The van der Waals surface area contributed by atoms with Crippen LogP contribution in [-0.2, 0) is 0 Å². The number of halogens is 1. The van der Waals surface area contributed by atoms with Crippen molar-refractivity contribution in [2.24, 2.45) is 5.73 Å². The molecule has 0 amide bonds. The molecule has 0 radical (unpaired) electrons. The summed E-state index contributed by atoms with van der Waals surface area (Å²) in [6.45, 7) is 0.182. The molecule has 0 saturated heterocycles. The molecule has 1 aromatic rings. The van der Waals surface area contributed by atoms with Crippen LogP contribution in [0, 0.1) is 0 Å². The van der Waals surface area contributed by atoms with Crippen molar-refractivity contribution in [1.82, 2.24) is 0 Å². The molecule has 1 rings (SSSR count). The van der Waals surface area contributed by atoms with E-state index in [1.165, 1.54) is 0 Å². The number of rotatable bonds is 2. The van der Waals surface area contributed by atoms with Crippen LogP contribution >= 0.6 is 11.6 Å². The van der Waals surface area contributed by atoms with Gasteiger partial charge < -0.3 is 16.6 Å². The molecule has 0 aliphatic rings. The molecule has 4 heteroatoms. The van der Waals surface area contributed by atoms with Crippen LogP contribution in [0.2, 0.25) is 5.02 Å². The molecule has 0 heterocycles. The van der Waals surface area contributed by atoms with E-state index < -0.39 is 6.10 Å². The van der Waals surface area contributed by atoms with E-state index in [2.05, 4.69) is 0 Å². The Bertz CT molecular complexity index is 278. The molecule has 0 aromatic heterocycles. The normalized spacial score (nSPS) is 12.9. The highest BCUT2D eigenvalue weighted by Gasteiger charge is 2.05. The SMILES string of the molecule is NCC(O)c1ccc(Cl)c(N)c1. The molecular weight excluding hydrogens is 176 g/mol. The van der Waals surface area contributed by atoms with Crippen molar-refractivity contribution >= 4 is 17.3 Å². The molecule has 5 N–H and O–H groups in total. The Kier molecular flexibility index (Phi) is 2.92. The summed E-state index contributed by atoms with van der Waals surface area (Å²) in [5.41, 5.74) is 12.0. The standard InChI is InChI=1S/C8H11ClN2O/c9-6-2-1-5(3-7(6)11)8(12)4-10/h1-3,8,12H,4,10-11H2. The summed E-state index contributed by atoms with van der Waals surface area (Å²) in [6.07, 6.45) is -0.662. The predicted octanol–water partition coefficient (Wildman–Crippen LogP) is 0.914. The van der Waals surface area contributed by atoms with Gasteiger partial charge in [-0.15, -0.1) is 0 Å². The summed E-state index contributed by atoms with van der Waals surface area (Å²) in [7, 11) is 0. The zero-order valence-electron chi connectivity index (χ0n) is 6.50. The van der Waals surface area contributed by atoms with Crippen LogP contribution in [0.3, 0.4) is 0 Å². The summed E-state index contributed by atoms with van der Waals surface area (Å²) in [5.74, 6) is 0. The fourth-order valence-corrected chi connectivity index (χ4v) is 1.02. The largest absolute Gasteiger partial charge is 0.398 e. The fraction of sp³-hybridized carbons (Fsp3) is 0.250. The summed E-state index contributed by atoms with van der Waals surface area (Å²) < 4.78 is 0. The molecule has 3 nitrogen and oxygen atoms in total. The number of anilines is 1. The van der Waals surface area contributed by atoms with Crippen molar-refractivity contribution in [2.45, 2.75) is 6.10 Å². The van der Waals surface area contributed by atoms with Gasteiger partial charge in [0, 0.05) is 6.54 Å². The molecule has 0 saturated carbocycles. The average Bonchev–Trinajstić information content (AvgIpc) is 2.08. The predicted molar refractivity (Wildman–Crippen MR) is 49.9 cm³/mol. The van der Waals surface area contributed by atoms with E-state index in [-0.39, 0.29) is 6.54 Å². The summed E-state index contributed by atoms with van der Waals surface area (Å²) in [4.78, 5) is 0. The van der Waals surface area contributed by atoms with E-state index in [1.807, 2.05) is 0 Å². The lowest BCUT2D eigenvalue weighted by Crippen LogP contribution is -2.11. The molecule has 1 atom stereocenters. The van der Waals surface area contributed by atoms with E-state index in [1.54, 1.807) is 18.2 Å². The first-order valence-electron chi connectivity index (χ1n) is 3.58. The number of benzene rings is 1. The Morgan fingerprint density at radius 1 is 1.50 bits per heavy atom. The number of aliphatic hydroxyl groups excluding tert-OH is 1. The molecule has 0 aliphatic heterocycles. The van der Waals surface area contributed by atoms with Gasteiger partial charge in [-0.1, -0.05) is 17.7 Å². The minimum absolute atomic E-state index is 0.182. The van der Waals surface area contributed by atoms with Gasteiger partial charge in [0.05, 0.1) is 16.8 Å². The maximum atomic E-state index is 9.32. The highest BCUT2D eigenvalue weighted by Crippen LogP contribution is 2.22. The Labute approximate surface area is 75.9 Å². The van der Waals surface area contributed by atoms with Gasteiger partial charge in [-0.3, -0.25) is 0 Å². The van der Waals surface area contributed by atoms with E-state index in [0.717, 1.165) is 0 Å². The number of nitrogen functional groups attached to an aromatic ring is 1. The van der Waals surface area contributed by atoms with E-state index in [4.69, 9.17) is 23.1 Å². The van der Waals surface area contributed by atoms with Gasteiger partial charge in [0.15, 0.2) is 0 Å². The first kappa shape index (κ1) is 9.32. The van der Waals surface area contributed by atoms with Crippen LogP contribution < -0.4 is 11.5 Å². The average molecular weight is 187 g/mol. The molecule has 0 fully saturated rings. The third-order valence-electron chi connectivity index (χ3n) is 1.63. The van der Waals surface area contributed by atoms with Gasteiger partial charge in [-0.2, -0.15) is 0 Å². The van der Waals surface area contributed by atoms with Crippen molar-refractivity contribution in [3.8, 4) is 0 Å². The fourth-order valence-electron chi connectivity index (χ4n) is 0.906. The Hall–Kier alpha value is -0.770. The Balaban J connectivity index is 2.96. The summed E-state index contributed by atoms with van der Waals surface area (Å²) in [5, 5.41) is 9.81. The molecule has 0 bridgehead atoms. The molecular formula is C8H11ClN2O. The maximum absolute atomic E-state index is 9.32. The molecule has 0 spiro atoms. The number of hydrogen-bond acceptors (Lipinski definition) is 3. The first-order chi connectivity index (χ1) is 5.65. The van der Waals surface area contributed by atoms with E-state index >= 15 is 0 Å². The molecule has 0 aliphatic carbocycles. The monoisotopic (exact) mass is 186 g/mol. The van der Waals surface area contributed by atoms with Crippen LogP contribution in [-0.4, -0.2) is 11.7 Å². The zero-order chi connectivity index (χ0) is 9.14. The maximum Gasteiger partial charge on any atom is 0.0913 e. The third kappa shape index (κ3) is 1.88. The van der Waals surface area contributed by atoms with Crippen LogP contribution in [0.1, 0.15) is 11.7 Å². The van der Waals surface area contributed by atoms with Crippen LogP contribution in [0.4, 0.5) is 5.69 Å². The van der Waals surface area contributed by atoms with Gasteiger partial charge >= 0.3 is 0 Å². The smallest absolute Gasteiger partial charge is 0.0913 e. The van der Waals surface area contributed by atoms with Crippen molar-refractivity contribution < 1.29 is 5.11 Å². The molecule has 66 valence electrons. The van der Waals surface area contributed by atoms with Crippen molar-refractivity contribution in [3.63, 3.8) is 0 Å². The highest BCUT2D eigenvalue weighted by molar-refractivity contribution is 6.33. The minimum atomic E-state index is -0.662. The van der Waals surface area contributed by atoms with Gasteiger partial charge in [-0.25, -0.2) is 0 Å². The minimum Gasteiger partial charge on any atom is -0.398 e. The van der Waals surface area contributed by atoms with Crippen LogP contribution in [0.25, 0.3) is 0 Å². The van der Waals surface area contributed by atoms with Gasteiger partial charge in [0.25, 0.3) is 0 Å². The van der Waals surface area contributed by atoms with Crippen molar-refractivity contribution in [1.29, 1.82) is 0 Å². The highest BCUT2D eigenvalue weighted by atomic mass is 35.5. The van der Waals surface area contributed by atoms with Crippen LogP contribution in [0.15, 0.2) is 18.2 Å². The molecule has 1 unspecified atom stereocenters. The second-order valence-corrected chi connectivity index (χ2v) is 2.94. The third-order valence-corrected chi connectivity index (χ3v) is 1.97. The molecule has 1 aromatic carbocycles. The Morgan fingerprint density at radius 2 is 2.17 bits per heavy atom. The lowest BCUT2D eigenvalue weighted by atomic mass is 10.1. The van der Waals surface area contributed by atoms with Gasteiger partial charge in [0.1, 0.15) is 0 Å². The first-order valence-corrected chi connectivity index (χ1v) is 3.96. The Morgan fingerprint density at radius 3 is 2.67 bits per heavy atom. The van der Waals surface area contributed by atoms with Gasteiger partial charge in [-0.05, 0) is 17.7 Å². The van der Waals surface area contributed by atoms with E-state index in [0.29, 0.717) is 16.3 Å². The van der Waals surface area contributed by atoms with E-state index in [9.17, 15) is 5.11 Å². The lowest BCUT2D eigenvalue weighted by Gasteiger charge is -2.08. The van der Waals surface area contributed by atoms with Crippen molar-refractivity contribution in [2.75, 3.05) is 12.3 Å². The number of nitrogens with two attached hydrogens (primary N) is 2. The van der Waals surface area contributed by atoms with Crippen LogP contribution in [0.5, 0.6) is 0 Å². The summed E-state index contributed by atoms with van der Waals surface area (Å²) in [6, 6.07) is 4.97. The second kappa shape index (κ2) is 3.76. The molecule has 12 heavy (non-hydrogen) atoms. The number of hydrogen-bond donors (Lipinski definition) is 3. The van der Waals surface area contributed by atoms with Crippen molar-refractivity contribution in [3.05, 3.63) is 28.8 Å². The zero-order valence-corrected chi connectivity index (χ0v) is 7.25. The summed E-state index contributed by atoms with van der Waals surface area (Å²) >= 11 is 5.69. The number of aliphatic hydroxyl groups is 1. The lowest BCUT2D eigenvalue weighted by molar-refractivity contribution is 0.187. The topological polar surface area (TPSA) is 72.3 Å². The quantitative estimate of drug-likeness (QED) is 0.602.